The molecule has 2 unspecified atom stereocenters. The lowest BCUT2D eigenvalue weighted by molar-refractivity contribution is -0.0235. The van der Waals surface area contributed by atoms with Crippen molar-refractivity contribution in [1.29, 1.82) is 0 Å². The lowest BCUT2D eigenvalue weighted by Gasteiger charge is -2.29. The first-order valence-electron chi connectivity index (χ1n) is 5.20. The fraction of sp³-hybridized carbons (Fsp3) is 1.00. The summed E-state index contributed by atoms with van der Waals surface area (Å²) in [7, 11) is 0. The maximum Gasteiger partial charge on any atom is 0.0603 e. The lowest BCUT2D eigenvalue weighted by Crippen LogP contribution is -2.29. The van der Waals surface area contributed by atoms with Gasteiger partial charge in [-0.25, -0.2) is 0 Å². The Bertz CT molecular complexity index is 108. The molecule has 1 fully saturated rings. The molecule has 0 spiro atoms. The van der Waals surface area contributed by atoms with E-state index in [1.54, 1.807) is 0 Å². The minimum absolute atomic E-state index is 0.507. The third-order valence-corrected chi connectivity index (χ3v) is 2.80. The van der Waals surface area contributed by atoms with Gasteiger partial charge in [0.1, 0.15) is 0 Å². The second-order valence-electron chi connectivity index (χ2n) is 3.65. The average Bonchev–Trinajstić information content (AvgIpc) is 2.15. The van der Waals surface area contributed by atoms with Crippen LogP contribution in [0, 0.1) is 5.92 Å². The van der Waals surface area contributed by atoms with E-state index in [1.165, 1.54) is 25.7 Å². The summed E-state index contributed by atoms with van der Waals surface area (Å²) < 4.78 is 5.73. The zero-order chi connectivity index (χ0) is 8.81. The molecule has 0 aromatic rings. The molecule has 2 heteroatoms. The van der Waals surface area contributed by atoms with Crippen molar-refractivity contribution in [3.8, 4) is 0 Å². The van der Waals surface area contributed by atoms with E-state index in [0.717, 1.165) is 19.6 Å². The Labute approximate surface area is 75.5 Å². The summed E-state index contributed by atoms with van der Waals surface area (Å²) in [6.45, 7) is 4.00. The molecule has 1 aliphatic rings. The molecular weight excluding hydrogens is 150 g/mol. The molecule has 0 saturated carbocycles. The molecule has 0 aromatic carbocycles. The molecule has 2 nitrogen and oxygen atoms in total. The van der Waals surface area contributed by atoms with Crippen LogP contribution in [-0.4, -0.2) is 19.3 Å². The summed E-state index contributed by atoms with van der Waals surface area (Å²) in [6.07, 6.45) is 6.68. The van der Waals surface area contributed by atoms with Gasteiger partial charge < -0.3 is 10.5 Å². The molecule has 2 N–H and O–H groups in total. The normalized spacial score (nSPS) is 27.0. The molecule has 2 atom stereocenters. The van der Waals surface area contributed by atoms with Crippen LogP contribution in [0.4, 0.5) is 0 Å². The zero-order valence-electron chi connectivity index (χ0n) is 8.09. The van der Waals surface area contributed by atoms with Gasteiger partial charge in [-0.1, -0.05) is 13.3 Å². The van der Waals surface area contributed by atoms with Crippen LogP contribution in [0.2, 0.25) is 0 Å². The SMILES string of the molecule is CCC(CCN)C1CCCCO1. The van der Waals surface area contributed by atoms with Gasteiger partial charge in [0, 0.05) is 6.61 Å². The predicted molar refractivity (Wildman–Crippen MR) is 51.0 cm³/mol. The molecule has 0 radical (unpaired) electrons. The van der Waals surface area contributed by atoms with Crippen LogP contribution in [0.1, 0.15) is 39.0 Å². The zero-order valence-corrected chi connectivity index (χ0v) is 8.09. The number of hydrogen-bond acceptors (Lipinski definition) is 2. The van der Waals surface area contributed by atoms with Crippen LogP contribution in [-0.2, 0) is 4.74 Å². The molecular formula is C10H21NO. The largest absolute Gasteiger partial charge is 0.378 e. The number of nitrogens with two attached hydrogens (primary N) is 1. The van der Waals surface area contributed by atoms with Crippen molar-refractivity contribution in [2.24, 2.45) is 11.7 Å². The number of ether oxygens (including phenoxy) is 1. The first-order valence-corrected chi connectivity index (χ1v) is 5.20. The molecule has 1 aliphatic heterocycles. The Kier molecular flexibility index (Phi) is 4.62. The monoisotopic (exact) mass is 171 g/mol. The van der Waals surface area contributed by atoms with E-state index in [1.807, 2.05) is 0 Å². The maximum absolute atomic E-state index is 5.73. The van der Waals surface area contributed by atoms with Crippen LogP contribution < -0.4 is 5.73 Å². The molecule has 72 valence electrons. The summed E-state index contributed by atoms with van der Waals surface area (Å²) >= 11 is 0. The van der Waals surface area contributed by atoms with Crippen LogP contribution >= 0.6 is 0 Å². The highest BCUT2D eigenvalue weighted by molar-refractivity contribution is 4.72. The van der Waals surface area contributed by atoms with E-state index in [-0.39, 0.29) is 0 Å². The second kappa shape index (κ2) is 5.55. The van der Waals surface area contributed by atoms with E-state index in [4.69, 9.17) is 10.5 Å². The summed E-state index contributed by atoms with van der Waals surface area (Å²) in [4.78, 5) is 0. The molecule has 0 aromatic heterocycles. The van der Waals surface area contributed by atoms with Gasteiger partial charge in [-0.15, -0.1) is 0 Å². The van der Waals surface area contributed by atoms with Gasteiger partial charge in [-0.05, 0) is 38.1 Å². The van der Waals surface area contributed by atoms with Gasteiger partial charge >= 0.3 is 0 Å². The van der Waals surface area contributed by atoms with Crippen LogP contribution in [0.25, 0.3) is 0 Å². The maximum atomic E-state index is 5.73. The fourth-order valence-corrected chi connectivity index (χ4v) is 2.00. The quantitative estimate of drug-likeness (QED) is 0.701. The van der Waals surface area contributed by atoms with Crippen molar-refractivity contribution in [2.75, 3.05) is 13.2 Å². The highest BCUT2D eigenvalue weighted by atomic mass is 16.5. The van der Waals surface area contributed by atoms with Gasteiger partial charge in [0.15, 0.2) is 0 Å². The number of hydrogen-bond donors (Lipinski definition) is 1. The summed E-state index contributed by atoms with van der Waals surface area (Å²) in [6, 6.07) is 0. The number of rotatable bonds is 4. The first kappa shape index (κ1) is 10.0. The smallest absolute Gasteiger partial charge is 0.0603 e. The minimum atomic E-state index is 0.507. The van der Waals surface area contributed by atoms with E-state index in [2.05, 4.69) is 6.92 Å². The first-order chi connectivity index (χ1) is 5.88. The van der Waals surface area contributed by atoms with Crippen molar-refractivity contribution in [1.82, 2.24) is 0 Å². The van der Waals surface area contributed by atoms with Crippen LogP contribution in [0.3, 0.4) is 0 Å². The Morgan fingerprint density at radius 3 is 2.83 bits per heavy atom. The molecule has 12 heavy (non-hydrogen) atoms. The molecule has 1 rings (SSSR count). The standard InChI is InChI=1S/C10H21NO/c1-2-9(6-7-11)10-5-3-4-8-12-10/h9-10H,2-8,11H2,1H3. The topological polar surface area (TPSA) is 35.2 Å². The van der Waals surface area contributed by atoms with Gasteiger partial charge in [-0.3, -0.25) is 0 Å². The molecule has 1 saturated heterocycles. The van der Waals surface area contributed by atoms with Gasteiger partial charge in [-0.2, -0.15) is 0 Å². The van der Waals surface area contributed by atoms with Crippen molar-refractivity contribution >= 4 is 0 Å². The van der Waals surface area contributed by atoms with Crippen molar-refractivity contribution in [2.45, 2.75) is 45.1 Å². The van der Waals surface area contributed by atoms with Crippen LogP contribution in [0.5, 0.6) is 0 Å². The summed E-state index contributed by atoms with van der Waals surface area (Å²) in [5, 5.41) is 0. The van der Waals surface area contributed by atoms with Crippen molar-refractivity contribution < 1.29 is 4.74 Å². The summed E-state index contributed by atoms with van der Waals surface area (Å²) in [5.41, 5.74) is 5.56. The van der Waals surface area contributed by atoms with Gasteiger partial charge in [0.25, 0.3) is 0 Å². The van der Waals surface area contributed by atoms with E-state index < -0.39 is 0 Å². The highest BCUT2D eigenvalue weighted by Gasteiger charge is 2.21. The molecule has 1 heterocycles. The lowest BCUT2D eigenvalue weighted by atomic mass is 9.91. The Morgan fingerprint density at radius 1 is 1.50 bits per heavy atom. The average molecular weight is 171 g/mol. The molecule has 0 amide bonds. The van der Waals surface area contributed by atoms with Gasteiger partial charge in [0.05, 0.1) is 6.10 Å². The second-order valence-corrected chi connectivity index (χ2v) is 3.65. The Balaban J connectivity index is 2.29. The third kappa shape index (κ3) is 2.76. The Hall–Kier alpha value is -0.0800. The highest BCUT2D eigenvalue weighted by Crippen LogP contribution is 2.24. The molecule has 0 aliphatic carbocycles. The van der Waals surface area contributed by atoms with Crippen molar-refractivity contribution in [3.05, 3.63) is 0 Å². The fourth-order valence-electron chi connectivity index (χ4n) is 2.00. The third-order valence-electron chi connectivity index (χ3n) is 2.80. The van der Waals surface area contributed by atoms with Crippen molar-refractivity contribution in [3.63, 3.8) is 0 Å². The predicted octanol–water partition coefficient (Wildman–Crippen LogP) is 1.93. The van der Waals surface area contributed by atoms with Crippen LogP contribution in [0.15, 0.2) is 0 Å². The molecule has 0 bridgehead atoms. The minimum Gasteiger partial charge on any atom is -0.378 e. The van der Waals surface area contributed by atoms with Gasteiger partial charge in [0.2, 0.25) is 0 Å². The summed E-state index contributed by atoms with van der Waals surface area (Å²) in [5.74, 6) is 0.704. The van der Waals surface area contributed by atoms with E-state index in [9.17, 15) is 0 Å². The van der Waals surface area contributed by atoms with E-state index in [0.29, 0.717) is 12.0 Å². The van der Waals surface area contributed by atoms with E-state index >= 15 is 0 Å². The Morgan fingerprint density at radius 2 is 2.33 bits per heavy atom.